The second kappa shape index (κ2) is 8.85. The summed E-state index contributed by atoms with van der Waals surface area (Å²) in [6.45, 7) is 7.83. The van der Waals surface area contributed by atoms with E-state index in [-0.39, 0.29) is 53.9 Å². The minimum Gasteiger partial charge on any atom is -0.459 e. The summed E-state index contributed by atoms with van der Waals surface area (Å²) in [5.74, 6) is -0.438. The molecule has 5 atom stereocenters. The van der Waals surface area contributed by atoms with E-state index >= 15 is 0 Å². The maximum atomic E-state index is 12.9. The molecule has 0 aromatic carbocycles. The van der Waals surface area contributed by atoms with Crippen LogP contribution in [0.3, 0.4) is 0 Å². The third kappa shape index (κ3) is 4.22. The number of aliphatic hydroxyl groups excluding tert-OH is 2. The van der Waals surface area contributed by atoms with E-state index in [0.717, 1.165) is 17.0 Å². The molecule has 1 fully saturated rings. The van der Waals surface area contributed by atoms with Gasteiger partial charge in [-0.15, -0.1) is 11.3 Å². The van der Waals surface area contributed by atoms with Crippen molar-refractivity contribution in [2.24, 2.45) is 16.7 Å². The third-order valence-corrected chi connectivity index (χ3v) is 8.71. The first-order valence-corrected chi connectivity index (χ1v) is 12.3. The van der Waals surface area contributed by atoms with Crippen molar-refractivity contribution in [3.05, 3.63) is 34.7 Å². The zero-order valence-corrected chi connectivity index (χ0v) is 20.4. The van der Waals surface area contributed by atoms with Crippen molar-refractivity contribution in [3.63, 3.8) is 0 Å². The van der Waals surface area contributed by atoms with Crippen LogP contribution in [0.5, 0.6) is 0 Å². The van der Waals surface area contributed by atoms with Crippen molar-refractivity contribution in [3.8, 4) is 0 Å². The average Bonchev–Trinajstić information content (AvgIpc) is 3.42. The Hall–Kier alpha value is -2.23. The molecule has 9 heteroatoms. The van der Waals surface area contributed by atoms with E-state index in [9.17, 15) is 19.8 Å². The molecule has 8 nitrogen and oxygen atoms in total. The summed E-state index contributed by atoms with van der Waals surface area (Å²) in [7, 11) is 0. The third-order valence-electron chi connectivity index (χ3n) is 7.70. The minimum absolute atomic E-state index is 0.0265. The van der Waals surface area contributed by atoms with Gasteiger partial charge in [-0.05, 0) is 56.6 Å². The number of nitrogens with zero attached hydrogens (tertiary/aromatic N) is 1. The zero-order chi connectivity index (χ0) is 24.0. The Morgan fingerprint density at radius 2 is 2.12 bits per heavy atom. The van der Waals surface area contributed by atoms with E-state index in [1.54, 1.807) is 12.1 Å². The Morgan fingerprint density at radius 3 is 2.76 bits per heavy atom. The van der Waals surface area contributed by atoms with Crippen molar-refractivity contribution in [2.75, 3.05) is 11.9 Å². The molecule has 2 heterocycles. The molecule has 4 rings (SSSR count). The first-order valence-electron chi connectivity index (χ1n) is 11.5. The van der Waals surface area contributed by atoms with Crippen LogP contribution in [0.2, 0.25) is 0 Å². The lowest BCUT2D eigenvalue weighted by molar-refractivity contribution is -0.144. The van der Waals surface area contributed by atoms with E-state index in [1.807, 2.05) is 20.8 Å². The SMILES string of the molecule is CC(C)NC(=O)C[C@@H]1c2nc(NC(=O)c3ccco3)sc2C[C@@H]2[C@](C)(CO)[C@H](O)CC[C@]21C. The lowest BCUT2D eigenvalue weighted by Crippen LogP contribution is -2.57. The molecule has 1 saturated carbocycles. The topological polar surface area (TPSA) is 125 Å². The fraction of sp³-hybridized carbons (Fsp3) is 0.625. The van der Waals surface area contributed by atoms with Gasteiger partial charge in [0.1, 0.15) is 0 Å². The first-order chi connectivity index (χ1) is 15.6. The summed E-state index contributed by atoms with van der Waals surface area (Å²) in [5.41, 5.74) is -0.169. The Labute approximate surface area is 197 Å². The standard InChI is InChI=1S/C24H33N3O5S/c1-13(2)25-19(30)10-14-20-16(33-22(26-20)27-21(31)15-6-5-9-32-15)11-17-23(14,3)8-7-18(29)24(17,4)12-28/h5-6,9,13-14,17-18,28-29H,7-8,10-12H2,1-4H3,(H,25,30)(H,26,27,31)/t14-,17+,18-,23+,24+/m1/s1. The molecule has 4 N–H and O–H groups in total. The number of anilines is 1. The maximum absolute atomic E-state index is 12.9. The fourth-order valence-corrected chi connectivity index (χ4v) is 6.90. The number of aliphatic hydroxyl groups is 2. The molecule has 0 unspecified atom stereocenters. The molecule has 0 bridgehead atoms. The van der Waals surface area contributed by atoms with E-state index in [4.69, 9.17) is 9.40 Å². The zero-order valence-electron chi connectivity index (χ0n) is 19.6. The summed E-state index contributed by atoms with van der Waals surface area (Å²) in [6.07, 6.45) is 3.03. The van der Waals surface area contributed by atoms with Gasteiger partial charge in [-0.1, -0.05) is 13.8 Å². The minimum atomic E-state index is -0.682. The average molecular weight is 476 g/mol. The Balaban J connectivity index is 1.72. The molecule has 2 aliphatic rings. The number of carbonyl (C=O) groups excluding carboxylic acids is 2. The van der Waals surface area contributed by atoms with Crippen molar-refractivity contribution in [1.82, 2.24) is 10.3 Å². The number of thiazole rings is 1. The molecule has 0 spiro atoms. The highest BCUT2D eigenvalue weighted by molar-refractivity contribution is 7.15. The number of rotatable bonds is 6. The smallest absolute Gasteiger partial charge is 0.293 e. The summed E-state index contributed by atoms with van der Waals surface area (Å²) in [4.78, 5) is 31.1. The highest BCUT2D eigenvalue weighted by Crippen LogP contribution is 2.62. The van der Waals surface area contributed by atoms with Crippen molar-refractivity contribution in [2.45, 2.75) is 71.4 Å². The van der Waals surface area contributed by atoms with Crippen LogP contribution >= 0.6 is 11.3 Å². The predicted octanol–water partition coefficient (Wildman–Crippen LogP) is 3.32. The van der Waals surface area contributed by atoms with Gasteiger partial charge in [-0.2, -0.15) is 0 Å². The van der Waals surface area contributed by atoms with Crippen LogP contribution in [-0.4, -0.2) is 45.8 Å². The van der Waals surface area contributed by atoms with Crippen LogP contribution in [0.4, 0.5) is 5.13 Å². The number of furan rings is 1. The monoisotopic (exact) mass is 475 g/mol. The number of nitrogens with one attached hydrogen (secondary N) is 2. The van der Waals surface area contributed by atoms with Gasteiger partial charge in [0.25, 0.3) is 5.91 Å². The number of hydrogen-bond donors (Lipinski definition) is 4. The lowest BCUT2D eigenvalue weighted by atomic mass is 9.47. The molecule has 2 aliphatic carbocycles. The van der Waals surface area contributed by atoms with E-state index in [2.05, 4.69) is 17.6 Å². The van der Waals surface area contributed by atoms with Crippen molar-refractivity contribution >= 4 is 28.3 Å². The number of fused-ring (bicyclic) bond motifs is 2. The van der Waals surface area contributed by atoms with E-state index < -0.39 is 11.5 Å². The molecule has 2 aromatic rings. The predicted molar refractivity (Wildman–Crippen MR) is 125 cm³/mol. The van der Waals surface area contributed by atoms with Crippen molar-refractivity contribution in [1.29, 1.82) is 0 Å². The van der Waals surface area contributed by atoms with Gasteiger partial charge in [0, 0.05) is 28.7 Å². The van der Waals surface area contributed by atoms with E-state index in [1.165, 1.54) is 17.6 Å². The highest BCUT2D eigenvalue weighted by atomic mass is 32.1. The molecular weight excluding hydrogens is 442 g/mol. The van der Waals surface area contributed by atoms with Gasteiger partial charge in [0.05, 0.1) is 24.7 Å². The molecule has 0 radical (unpaired) electrons. The van der Waals surface area contributed by atoms with Crippen molar-refractivity contribution < 1.29 is 24.2 Å². The summed E-state index contributed by atoms with van der Waals surface area (Å²) >= 11 is 1.39. The molecule has 2 aromatic heterocycles. The van der Waals surface area contributed by atoms with Gasteiger partial charge in [0.15, 0.2) is 10.9 Å². The van der Waals surface area contributed by atoms with Crippen LogP contribution in [0, 0.1) is 16.7 Å². The van der Waals surface area contributed by atoms with Crippen LogP contribution in [0.1, 0.15) is 74.0 Å². The Morgan fingerprint density at radius 1 is 1.36 bits per heavy atom. The first kappa shape index (κ1) is 23.9. The molecule has 33 heavy (non-hydrogen) atoms. The van der Waals surface area contributed by atoms with Gasteiger partial charge >= 0.3 is 0 Å². The number of carbonyl (C=O) groups is 2. The number of hydrogen-bond acceptors (Lipinski definition) is 7. The normalized spacial score (nSPS) is 31.1. The summed E-state index contributed by atoms with van der Waals surface area (Å²) in [6, 6.07) is 3.27. The molecular formula is C24H33N3O5S. The maximum Gasteiger partial charge on any atom is 0.293 e. The summed E-state index contributed by atoms with van der Waals surface area (Å²) < 4.78 is 5.18. The van der Waals surface area contributed by atoms with Gasteiger partial charge in [0.2, 0.25) is 5.91 Å². The van der Waals surface area contributed by atoms with Crippen LogP contribution in [0.15, 0.2) is 22.8 Å². The fourth-order valence-electron chi connectivity index (χ4n) is 5.83. The molecule has 180 valence electrons. The number of amides is 2. The second-order valence-corrected chi connectivity index (χ2v) is 11.3. The highest BCUT2D eigenvalue weighted by Gasteiger charge is 2.59. The number of aromatic nitrogens is 1. The quantitative estimate of drug-likeness (QED) is 0.508. The van der Waals surface area contributed by atoms with Crippen LogP contribution in [-0.2, 0) is 11.2 Å². The largest absolute Gasteiger partial charge is 0.459 e. The van der Waals surface area contributed by atoms with Crippen LogP contribution in [0.25, 0.3) is 0 Å². The summed E-state index contributed by atoms with van der Waals surface area (Å²) in [5, 5.41) is 27.4. The molecule has 2 amide bonds. The van der Waals surface area contributed by atoms with Crippen LogP contribution < -0.4 is 10.6 Å². The van der Waals surface area contributed by atoms with Gasteiger partial charge in [-0.25, -0.2) is 4.98 Å². The molecule has 0 saturated heterocycles. The van der Waals surface area contributed by atoms with Gasteiger partial charge < -0.3 is 19.9 Å². The Bertz CT molecular complexity index is 1020. The molecule has 0 aliphatic heterocycles. The van der Waals surface area contributed by atoms with Gasteiger partial charge in [-0.3, -0.25) is 14.9 Å². The lowest BCUT2D eigenvalue weighted by Gasteiger charge is -2.58. The Kier molecular flexibility index (Phi) is 6.41. The second-order valence-electron chi connectivity index (χ2n) is 10.2. The van der Waals surface area contributed by atoms with E-state index in [0.29, 0.717) is 18.0 Å².